The Bertz CT molecular complexity index is 174. The first kappa shape index (κ1) is 15.5. The van der Waals surface area contributed by atoms with Crippen molar-refractivity contribution < 1.29 is 0 Å². The van der Waals surface area contributed by atoms with Gasteiger partial charge in [-0.25, -0.2) is 0 Å². The number of hydrogen-bond donors (Lipinski definition) is 0. The third-order valence-corrected chi connectivity index (χ3v) is 10.3. The molecule has 0 atom stereocenters. The Hall–Kier alpha value is 0.532. The third-order valence-electron chi connectivity index (χ3n) is 4.92. The molecule has 0 bridgehead atoms. The van der Waals surface area contributed by atoms with Crippen LogP contribution in [0.1, 0.15) is 62.3 Å². The molecule has 0 aliphatic carbocycles. The average molecular weight is 226 g/mol. The van der Waals surface area contributed by atoms with Crippen molar-refractivity contribution in [2.45, 2.75) is 77.2 Å². The predicted octanol–water partition coefficient (Wildman–Crippen LogP) is 5.37. The van der Waals surface area contributed by atoms with Crippen molar-refractivity contribution >= 4 is 14.1 Å². The van der Waals surface area contributed by atoms with E-state index in [2.05, 4.69) is 62.3 Å². The lowest BCUT2D eigenvalue weighted by molar-refractivity contribution is 0.132. The van der Waals surface area contributed by atoms with Gasteiger partial charge < -0.3 is 0 Å². The van der Waals surface area contributed by atoms with Crippen molar-refractivity contribution in [3.05, 3.63) is 0 Å². The molecule has 0 radical (unpaired) electrons. The van der Waals surface area contributed by atoms with Crippen molar-refractivity contribution in [2.75, 3.05) is 0 Å². The summed E-state index contributed by atoms with van der Waals surface area (Å²) in [7, 11) is 0. The average Bonchev–Trinajstić information content (AvgIpc) is 2.02. The van der Waals surface area contributed by atoms with Gasteiger partial charge in [-0.05, 0) is 10.8 Å². The lowest BCUT2D eigenvalue weighted by Crippen LogP contribution is -2.48. The standard InChI is InChI=1S/C10H21.2C2H5.Al/c1-8(9(2,3)4)10(5,6)7;2*1-2;/h1-7H3;2*1H2,2H3;. The maximum Gasteiger partial charge on any atom is 0.270 e. The normalized spacial score (nSPS) is 14.2. The molecule has 1 heteroatoms. The van der Waals surface area contributed by atoms with E-state index in [1.165, 1.54) is 10.6 Å². The van der Waals surface area contributed by atoms with Crippen molar-refractivity contribution in [1.29, 1.82) is 0 Å². The van der Waals surface area contributed by atoms with Gasteiger partial charge in [-0.1, -0.05) is 77.2 Å². The van der Waals surface area contributed by atoms with Crippen LogP contribution in [0.2, 0.25) is 14.8 Å². The van der Waals surface area contributed by atoms with Gasteiger partial charge in [-0.15, -0.1) is 0 Å². The minimum atomic E-state index is -0.672. The second-order valence-corrected chi connectivity index (χ2v) is 11.4. The molecule has 0 nitrogen and oxygen atoms in total. The van der Waals surface area contributed by atoms with Crippen LogP contribution in [0.15, 0.2) is 0 Å². The molecule has 0 aromatic rings. The molecule has 0 saturated heterocycles. The van der Waals surface area contributed by atoms with Gasteiger partial charge in [0.1, 0.15) is 0 Å². The van der Waals surface area contributed by atoms with Gasteiger partial charge in [-0.2, -0.15) is 0 Å². The summed E-state index contributed by atoms with van der Waals surface area (Å²) in [6, 6.07) is 0. The Morgan fingerprint density at radius 2 is 0.933 bits per heavy atom. The Morgan fingerprint density at radius 1 is 0.667 bits per heavy atom. The summed E-state index contributed by atoms with van der Waals surface area (Å²) in [5, 5.41) is 2.86. The van der Waals surface area contributed by atoms with Gasteiger partial charge in [0.05, 0.1) is 0 Å². The van der Waals surface area contributed by atoms with Crippen LogP contribution in [0.4, 0.5) is 0 Å². The van der Waals surface area contributed by atoms with Crippen LogP contribution in [0.25, 0.3) is 0 Å². The summed E-state index contributed by atoms with van der Waals surface area (Å²) in [5.74, 6) is 0. The van der Waals surface area contributed by atoms with E-state index >= 15 is 0 Å². The van der Waals surface area contributed by atoms with Crippen molar-refractivity contribution in [3.8, 4) is 0 Å². The molecule has 0 aliphatic heterocycles. The fourth-order valence-electron chi connectivity index (χ4n) is 3.45. The largest absolute Gasteiger partial charge is 0.270 e. The van der Waals surface area contributed by atoms with E-state index in [1.807, 2.05) is 0 Å². The molecule has 0 aromatic heterocycles. The monoisotopic (exact) mass is 226 g/mol. The zero-order chi connectivity index (χ0) is 12.5. The van der Waals surface area contributed by atoms with Crippen LogP contribution < -0.4 is 0 Å². The second-order valence-electron chi connectivity index (χ2n) is 7.22. The molecule has 0 amide bonds. The smallest absolute Gasteiger partial charge is 0.0963 e. The SMILES string of the molecule is C[CH2][Al]([CH2]C)[C](C)(C(C)(C)C)C(C)(C)C. The summed E-state index contributed by atoms with van der Waals surface area (Å²) in [5.41, 5.74) is 0.850. The number of hydrogen-bond acceptors (Lipinski definition) is 0. The molecular formula is C14H31Al. The topological polar surface area (TPSA) is 0 Å². The Labute approximate surface area is 102 Å². The number of rotatable bonds is 3. The van der Waals surface area contributed by atoms with Crippen LogP contribution in [0, 0.1) is 10.8 Å². The first-order valence-corrected chi connectivity index (χ1v) is 8.73. The highest BCUT2D eigenvalue weighted by molar-refractivity contribution is 6.62. The summed E-state index contributed by atoms with van der Waals surface area (Å²) >= 11 is -0.672. The van der Waals surface area contributed by atoms with Crippen molar-refractivity contribution in [3.63, 3.8) is 0 Å². The Balaban J connectivity index is 5.40. The van der Waals surface area contributed by atoms with Crippen LogP contribution >= 0.6 is 0 Å². The van der Waals surface area contributed by atoms with E-state index in [1.54, 1.807) is 0 Å². The quantitative estimate of drug-likeness (QED) is 0.567. The fraction of sp³-hybridized carbons (Fsp3) is 1.00. The molecule has 90 valence electrons. The maximum atomic E-state index is 2.55. The van der Waals surface area contributed by atoms with Crippen LogP contribution in [-0.4, -0.2) is 14.1 Å². The third kappa shape index (κ3) is 2.80. The summed E-state index contributed by atoms with van der Waals surface area (Å²) in [6.45, 7) is 22.0. The lowest BCUT2D eigenvalue weighted by Gasteiger charge is -2.55. The van der Waals surface area contributed by atoms with E-state index in [0.717, 1.165) is 0 Å². The maximum absolute atomic E-state index is 2.55. The Kier molecular flexibility index (Phi) is 4.98. The van der Waals surface area contributed by atoms with Crippen LogP contribution in [0.3, 0.4) is 0 Å². The van der Waals surface area contributed by atoms with Crippen molar-refractivity contribution in [2.24, 2.45) is 10.8 Å². The zero-order valence-corrected chi connectivity index (χ0v) is 13.6. The zero-order valence-electron chi connectivity index (χ0n) is 12.5. The molecule has 15 heavy (non-hydrogen) atoms. The first-order chi connectivity index (χ1) is 6.52. The van der Waals surface area contributed by atoms with Gasteiger partial charge in [0.25, 0.3) is 14.1 Å². The molecule has 0 aliphatic rings. The van der Waals surface area contributed by atoms with Gasteiger partial charge in [0, 0.05) is 0 Å². The summed E-state index contributed by atoms with van der Waals surface area (Å²) in [6.07, 6.45) is 0. The lowest BCUT2D eigenvalue weighted by atomic mass is 9.66. The second kappa shape index (κ2) is 4.81. The summed E-state index contributed by atoms with van der Waals surface area (Å²) in [4.78, 5) is 0. The highest BCUT2D eigenvalue weighted by atomic mass is 27.2. The molecule has 0 heterocycles. The van der Waals surface area contributed by atoms with Gasteiger partial charge in [0.2, 0.25) is 0 Å². The van der Waals surface area contributed by atoms with Crippen LogP contribution in [-0.2, 0) is 0 Å². The molecule has 0 spiro atoms. The van der Waals surface area contributed by atoms with E-state index in [-0.39, 0.29) is 0 Å². The molecule has 0 N–H and O–H groups in total. The highest BCUT2D eigenvalue weighted by Gasteiger charge is 2.52. The molecule has 0 saturated carbocycles. The van der Waals surface area contributed by atoms with E-state index in [4.69, 9.17) is 0 Å². The van der Waals surface area contributed by atoms with Gasteiger partial charge in [0.15, 0.2) is 0 Å². The Morgan fingerprint density at radius 3 is 1.00 bits per heavy atom. The first-order valence-electron chi connectivity index (χ1n) is 6.52. The predicted molar refractivity (Wildman–Crippen MR) is 74.0 cm³/mol. The molecule has 0 fully saturated rings. The fourth-order valence-corrected chi connectivity index (χ4v) is 8.11. The molecule has 0 unspecified atom stereocenters. The van der Waals surface area contributed by atoms with E-state index in [0.29, 0.717) is 15.1 Å². The summed E-state index contributed by atoms with van der Waals surface area (Å²) < 4.78 is 0.531. The molecule has 0 rings (SSSR count). The van der Waals surface area contributed by atoms with E-state index in [9.17, 15) is 0 Å². The van der Waals surface area contributed by atoms with Gasteiger partial charge >= 0.3 is 0 Å². The highest BCUT2D eigenvalue weighted by Crippen LogP contribution is 2.60. The minimum absolute atomic E-state index is 0.425. The van der Waals surface area contributed by atoms with Crippen molar-refractivity contribution in [1.82, 2.24) is 0 Å². The van der Waals surface area contributed by atoms with Crippen LogP contribution in [0.5, 0.6) is 0 Å². The molecule has 0 aromatic carbocycles. The minimum Gasteiger partial charge on any atom is -0.0963 e. The molecular weight excluding hydrogens is 195 g/mol. The van der Waals surface area contributed by atoms with E-state index < -0.39 is 14.1 Å². The van der Waals surface area contributed by atoms with Gasteiger partial charge in [-0.3, -0.25) is 0 Å².